The average Bonchev–Trinajstić information content (AvgIpc) is 2.34. The number of alkyl halides is 3. The van der Waals surface area contributed by atoms with E-state index in [1.54, 1.807) is 4.72 Å². The molecule has 0 saturated heterocycles. The van der Waals surface area contributed by atoms with Gasteiger partial charge in [0.05, 0.1) is 11.3 Å². The van der Waals surface area contributed by atoms with Crippen LogP contribution in [0.2, 0.25) is 0 Å². The fraction of sp³-hybridized carbons (Fsp3) is 0.273. The van der Waals surface area contributed by atoms with E-state index in [-0.39, 0.29) is 11.3 Å². The molecule has 0 spiro atoms. The first-order valence-corrected chi connectivity index (χ1v) is 6.85. The number of aliphatic hydroxyl groups is 1. The SMILES string of the molecule is O=S(=O)(NCC(F)(F)F)Nc1ccc(C#CCO)c(F)c1. The van der Waals surface area contributed by atoms with Crippen LogP contribution in [0, 0.1) is 17.7 Å². The van der Waals surface area contributed by atoms with E-state index < -0.39 is 35.4 Å². The van der Waals surface area contributed by atoms with Crippen molar-refractivity contribution in [2.24, 2.45) is 0 Å². The van der Waals surface area contributed by atoms with Gasteiger partial charge in [0.1, 0.15) is 19.0 Å². The highest BCUT2D eigenvalue weighted by Gasteiger charge is 2.29. The first kappa shape index (κ1) is 17.2. The van der Waals surface area contributed by atoms with Crippen LogP contribution >= 0.6 is 0 Å². The molecular weight excluding hydrogens is 316 g/mol. The van der Waals surface area contributed by atoms with Crippen LogP contribution in [-0.4, -0.2) is 32.9 Å². The summed E-state index contributed by atoms with van der Waals surface area (Å²) in [6.45, 7) is -2.22. The zero-order valence-corrected chi connectivity index (χ0v) is 11.1. The standard InChI is InChI=1S/C11H10F4N2O3S/c12-10-6-9(4-3-8(10)2-1-5-18)17-21(19,20)16-7-11(13,14)15/h3-4,6,16-18H,5,7H2. The van der Waals surface area contributed by atoms with Gasteiger partial charge in [-0.2, -0.15) is 26.3 Å². The third kappa shape index (κ3) is 6.44. The normalized spacial score (nSPS) is 11.7. The Hall–Kier alpha value is -1.83. The smallest absolute Gasteiger partial charge is 0.384 e. The lowest BCUT2D eigenvalue weighted by molar-refractivity contribution is -0.121. The molecule has 0 bridgehead atoms. The lowest BCUT2D eigenvalue weighted by atomic mass is 10.2. The van der Waals surface area contributed by atoms with E-state index in [4.69, 9.17) is 5.11 Å². The molecule has 1 aromatic rings. The predicted octanol–water partition coefficient (Wildman–Crippen LogP) is 0.978. The van der Waals surface area contributed by atoms with Gasteiger partial charge in [-0.15, -0.1) is 0 Å². The molecule has 0 aromatic heterocycles. The Morgan fingerprint density at radius 3 is 2.48 bits per heavy atom. The van der Waals surface area contributed by atoms with Gasteiger partial charge < -0.3 is 5.11 Å². The van der Waals surface area contributed by atoms with Crippen LogP contribution in [0.15, 0.2) is 18.2 Å². The molecule has 0 unspecified atom stereocenters. The number of anilines is 1. The van der Waals surface area contributed by atoms with Crippen LogP contribution in [0.5, 0.6) is 0 Å². The van der Waals surface area contributed by atoms with Crippen LogP contribution in [0.1, 0.15) is 5.56 Å². The molecule has 116 valence electrons. The highest BCUT2D eigenvalue weighted by Crippen LogP contribution is 2.16. The Balaban J connectivity index is 2.81. The lowest BCUT2D eigenvalue weighted by Crippen LogP contribution is -2.37. The van der Waals surface area contributed by atoms with Gasteiger partial charge in [0, 0.05) is 0 Å². The highest BCUT2D eigenvalue weighted by molar-refractivity contribution is 7.90. The molecular formula is C11H10F4N2O3S. The van der Waals surface area contributed by atoms with Crippen molar-refractivity contribution in [1.29, 1.82) is 0 Å². The summed E-state index contributed by atoms with van der Waals surface area (Å²) in [4.78, 5) is 0. The molecule has 21 heavy (non-hydrogen) atoms. The van der Waals surface area contributed by atoms with E-state index in [1.165, 1.54) is 4.72 Å². The number of hydrogen-bond donors (Lipinski definition) is 3. The van der Waals surface area contributed by atoms with E-state index in [0.717, 1.165) is 18.2 Å². The summed E-state index contributed by atoms with van der Waals surface area (Å²) in [5, 5.41) is 8.46. The van der Waals surface area contributed by atoms with Gasteiger partial charge in [0.2, 0.25) is 0 Å². The minimum Gasteiger partial charge on any atom is -0.384 e. The van der Waals surface area contributed by atoms with Crippen LogP contribution in [0.3, 0.4) is 0 Å². The maximum atomic E-state index is 13.5. The average molecular weight is 326 g/mol. The second-order valence-electron chi connectivity index (χ2n) is 3.70. The van der Waals surface area contributed by atoms with E-state index in [1.807, 2.05) is 0 Å². The first-order valence-electron chi connectivity index (χ1n) is 5.36. The summed E-state index contributed by atoms with van der Waals surface area (Å²) in [5.74, 6) is 3.60. The Labute approximate surface area is 118 Å². The summed E-state index contributed by atoms with van der Waals surface area (Å²) in [6.07, 6.45) is -4.70. The van der Waals surface area contributed by atoms with Gasteiger partial charge >= 0.3 is 6.18 Å². The third-order valence-corrected chi connectivity index (χ3v) is 3.01. The molecule has 0 atom stereocenters. The molecule has 0 fully saturated rings. The maximum absolute atomic E-state index is 13.5. The Morgan fingerprint density at radius 2 is 1.95 bits per heavy atom. The molecule has 0 amide bonds. The summed E-state index contributed by atoms with van der Waals surface area (Å²) in [5.41, 5.74) is -0.355. The number of rotatable bonds is 4. The van der Waals surface area contributed by atoms with Crippen molar-refractivity contribution in [3.8, 4) is 11.8 Å². The number of hydrogen-bond acceptors (Lipinski definition) is 3. The van der Waals surface area contributed by atoms with Gasteiger partial charge in [0.25, 0.3) is 10.2 Å². The monoisotopic (exact) mass is 326 g/mol. The summed E-state index contributed by atoms with van der Waals surface area (Å²) >= 11 is 0. The predicted molar refractivity (Wildman–Crippen MR) is 67.0 cm³/mol. The Bertz CT molecular complexity index is 662. The lowest BCUT2D eigenvalue weighted by Gasteiger charge is -2.11. The summed E-state index contributed by atoms with van der Waals surface area (Å²) in [7, 11) is -4.48. The van der Waals surface area contributed by atoms with E-state index >= 15 is 0 Å². The van der Waals surface area contributed by atoms with E-state index in [9.17, 15) is 26.0 Å². The van der Waals surface area contributed by atoms with Gasteiger partial charge in [-0.05, 0) is 18.2 Å². The molecule has 0 saturated carbocycles. The minimum absolute atomic E-state index is 0.0877. The zero-order valence-electron chi connectivity index (χ0n) is 10.3. The molecule has 0 radical (unpaired) electrons. The number of aliphatic hydroxyl groups excluding tert-OH is 1. The number of nitrogens with one attached hydrogen (secondary N) is 2. The van der Waals surface area contributed by atoms with Crippen LogP contribution in [-0.2, 0) is 10.2 Å². The Morgan fingerprint density at radius 1 is 1.29 bits per heavy atom. The molecule has 0 heterocycles. The van der Waals surface area contributed by atoms with Crippen molar-refractivity contribution in [2.75, 3.05) is 17.9 Å². The molecule has 1 rings (SSSR count). The van der Waals surface area contributed by atoms with Crippen molar-refractivity contribution in [3.63, 3.8) is 0 Å². The Kier molecular flexibility index (Phi) is 5.54. The quantitative estimate of drug-likeness (QED) is 0.570. The molecule has 1 aromatic carbocycles. The molecule has 10 heteroatoms. The summed E-state index contributed by atoms with van der Waals surface area (Å²) in [6, 6.07) is 3.01. The fourth-order valence-electron chi connectivity index (χ4n) is 1.18. The van der Waals surface area contributed by atoms with Gasteiger partial charge in [-0.3, -0.25) is 4.72 Å². The number of halogens is 4. The van der Waals surface area contributed by atoms with E-state index in [2.05, 4.69) is 11.8 Å². The van der Waals surface area contributed by atoms with Gasteiger partial charge in [-0.1, -0.05) is 11.8 Å². The van der Waals surface area contributed by atoms with E-state index in [0.29, 0.717) is 0 Å². The van der Waals surface area contributed by atoms with Gasteiger partial charge in [-0.25, -0.2) is 4.39 Å². The topological polar surface area (TPSA) is 78.4 Å². The molecule has 0 aliphatic carbocycles. The van der Waals surface area contributed by atoms with Crippen molar-refractivity contribution >= 4 is 15.9 Å². The van der Waals surface area contributed by atoms with Gasteiger partial charge in [0.15, 0.2) is 0 Å². The fourth-order valence-corrected chi connectivity index (χ4v) is 2.05. The van der Waals surface area contributed by atoms with Crippen LogP contribution in [0.4, 0.5) is 23.2 Å². The molecule has 0 aliphatic rings. The van der Waals surface area contributed by atoms with Crippen LogP contribution in [0.25, 0.3) is 0 Å². The van der Waals surface area contributed by atoms with Crippen molar-refractivity contribution < 1.29 is 31.1 Å². The molecule has 5 nitrogen and oxygen atoms in total. The maximum Gasteiger partial charge on any atom is 0.402 e. The highest BCUT2D eigenvalue weighted by atomic mass is 32.2. The third-order valence-electron chi connectivity index (χ3n) is 1.99. The summed E-state index contributed by atoms with van der Waals surface area (Å²) < 4.78 is 74.9. The second-order valence-corrected chi connectivity index (χ2v) is 5.20. The van der Waals surface area contributed by atoms with Crippen molar-refractivity contribution in [3.05, 3.63) is 29.6 Å². The first-order chi connectivity index (χ1) is 9.63. The van der Waals surface area contributed by atoms with Crippen LogP contribution < -0.4 is 9.44 Å². The molecule has 0 aliphatic heterocycles. The zero-order chi connectivity index (χ0) is 16.1. The number of benzene rings is 1. The second kappa shape index (κ2) is 6.75. The largest absolute Gasteiger partial charge is 0.402 e. The minimum atomic E-state index is -4.70. The van der Waals surface area contributed by atoms with Crippen molar-refractivity contribution in [1.82, 2.24) is 4.72 Å². The molecule has 3 N–H and O–H groups in total. The van der Waals surface area contributed by atoms with Crippen molar-refractivity contribution in [2.45, 2.75) is 6.18 Å².